The van der Waals surface area contributed by atoms with Crippen LogP contribution < -0.4 is 15.4 Å². The van der Waals surface area contributed by atoms with Crippen LogP contribution >= 0.6 is 0 Å². The molecule has 2 N–H and O–H groups in total. The van der Waals surface area contributed by atoms with Gasteiger partial charge in [-0.25, -0.2) is 13.8 Å². The predicted octanol–water partition coefficient (Wildman–Crippen LogP) is 3.22. The number of carbonyl (C=O) groups excluding carboxylic acids is 2. The standard InChI is InChI=1S/C19H21F4N5O3/c1-9-5-14(27-28-17(9)31-8-19(22,23)18(20)21)16(30)25-11(3)13-6-10(2)24-15(7-13)26-12(4)29/h5-7,11,18H,8H2,1-4H3,(H,25,30)(H,24,26,29). The van der Waals surface area contributed by atoms with Crippen LogP contribution in [0.4, 0.5) is 23.4 Å². The van der Waals surface area contributed by atoms with Crippen molar-refractivity contribution in [3.8, 4) is 5.88 Å². The molecule has 0 radical (unpaired) electrons. The molecule has 0 aliphatic carbocycles. The lowest BCUT2D eigenvalue weighted by molar-refractivity contribution is -0.148. The van der Waals surface area contributed by atoms with E-state index in [1.54, 1.807) is 26.0 Å². The van der Waals surface area contributed by atoms with Gasteiger partial charge >= 0.3 is 12.3 Å². The molecule has 2 aromatic heterocycles. The van der Waals surface area contributed by atoms with Gasteiger partial charge in [0.1, 0.15) is 5.82 Å². The van der Waals surface area contributed by atoms with Crippen LogP contribution in [0.1, 0.15) is 47.2 Å². The molecule has 0 saturated heterocycles. The summed E-state index contributed by atoms with van der Waals surface area (Å²) >= 11 is 0. The first-order valence-electron chi connectivity index (χ1n) is 9.09. The Morgan fingerprint density at radius 2 is 1.84 bits per heavy atom. The molecule has 8 nitrogen and oxygen atoms in total. The summed E-state index contributed by atoms with van der Waals surface area (Å²) in [6.45, 7) is 4.62. The Morgan fingerprint density at radius 1 is 1.16 bits per heavy atom. The Kier molecular flexibility index (Phi) is 7.47. The van der Waals surface area contributed by atoms with E-state index >= 15 is 0 Å². The van der Waals surface area contributed by atoms with Crippen molar-refractivity contribution in [3.63, 3.8) is 0 Å². The van der Waals surface area contributed by atoms with E-state index in [2.05, 4.69) is 30.6 Å². The number of nitrogens with one attached hydrogen (secondary N) is 2. The molecular weight excluding hydrogens is 422 g/mol. The second kappa shape index (κ2) is 9.67. The maximum absolute atomic E-state index is 13.0. The minimum atomic E-state index is -4.33. The third-order valence-corrected chi connectivity index (χ3v) is 4.02. The molecule has 2 amide bonds. The van der Waals surface area contributed by atoms with Crippen molar-refractivity contribution in [1.29, 1.82) is 0 Å². The van der Waals surface area contributed by atoms with Gasteiger partial charge in [-0.2, -0.15) is 8.78 Å². The van der Waals surface area contributed by atoms with E-state index in [4.69, 9.17) is 0 Å². The number of aryl methyl sites for hydroxylation is 2. The number of nitrogens with zero attached hydrogens (tertiary/aromatic N) is 3. The number of hydrogen-bond donors (Lipinski definition) is 2. The van der Waals surface area contributed by atoms with Crippen molar-refractivity contribution in [2.24, 2.45) is 0 Å². The highest BCUT2D eigenvalue weighted by molar-refractivity contribution is 5.92. The van der Waals surface area contributed by atoms with E-state index in [9.17, 15) is 27.2 Å². The van der Waals surface area contributed by atoms with Gasteiger partial charge in [-0.1, -0.05) is 0 Å². The lowest BCUT2D eigenvalue weighted by Gasteiger charge is -2.17. The number of alkyl halides is 4. The molecule has 1 atom stereocenters. The topological polar surface area (TPSA) is 106 Å². The van der Waals surface area contributed by atoms with Gasteiger partial charge in [0.25, 0.3) is 5.91 Å². The fourth-order valence-corrected chi connectivity index (χ4v) is 2.50. The second-order valence-electron chi connectivity index (χ2n) is 6.87. The molecule has 168 valence electrons. The van der Waals surface area contributed by atoms with Gasteiger partial charge in [0, 0.05) is 18.2 Å². The zero-order valence-electron chi connectivity index (χ0n) is 17.2. The van der Waals surface area contributed by atoms with Crippen LogP contribution in [-0.2, 0) is 4.79 Å². The van der Waals surface area contributed by atoms with Crippen LogP contribution in [0.2, 0.25) is 0 Å². The second-order valence-corrected chi connectivity index (χ2v) is 6.87. The zero-order valence-corrected chi connectivity index (χ0v) is 17.2. The van der Waals surface area contributed by atoms with Crippen molar-refractivity contribution >= 4 is 17.6 Å². The van der Waals surface area contributed by atoms with E-state index in [1.807, 2.05) is 0 Å². The number of amides is 2. The van der Waals surface area contributed by atoms with Gasteiger partial charge in [-0.3, -0.25) is 9.59 Å². The summed E-state index contributed by atoms with van der Waals surface area (Å²) in [4.78, 5) is 27.9. The normalized spacial score (nSPS) is 12.4. The van der Waals surface area contributed by atoms with E-state index in [-0.39, 0.29) is 23.0 Å². The Bertz CT molecular complexity index is 972. The van der Waals surface area contributed by atoms with Crippen molar-refractivity contribution in [3.05, 3.63) is 40.7 Å². The van der Waals surface area contributed by atoms with Crippen molar-refractivity contribution in [1.82, 2.24) is 20.5 Å². The van der Waals surface area contributed by atoms with Crippen LogP contribution in [0.15, 0.2) is 18.2 Å². The fourth-order valence-electron chi connectivity index (χ4n) is 2.50. The number of aromatic nitrogens is 3. The maximum Gasteiger partial charge on any atom is 0.340 e. The molecule has 0 aliphatic heterocycles. The lowest BCUT2D eigenvalue weighted by atomic mass is 10.1. The van der Waals surface area contributed by atoms with E-state index < -0.39 is 30.9 Å². The Balaban J connectivity index is 2.09. The largest absolute Gasteiger partial charge is 0.470 e. The summed E-state index contributed by atoms with van der Waals surface area (Å²) in [5, 5.41) is 12.4. The van der Waals surface area contributed by atoms with Crippen LogP contribution in [0.5, 0.6) is 5.88 Å². The third-order valence-electron chi connectivity index (χ3n) is 4.02. The molecule has 0 aliphatic rings. The molecule has 0 aromatic carbocycles. The Labute approximate surface area is 175 Å². The summed E-state index contributed by atoms with van der Waals surface area (Å²) < 4.78 is 55.0. The molecule has 12 heteroatoms. The average Bonchev–Trinajstić information content (AvgIpc) is 2.65. The Hall–Kier alpha value is -3.31. The molecule has 2 heterocycles. The molecule has 31 heavy (non-hydrogen) atoms. The van der Waals surface area contributed by atoms with E-state index in [0.29, 0.717) is 17.1 Å². The number of ether oxygens (including phenoxy) is 1. The molecular formula is C19H21F4N5O3. The third kappa shape index (κ3) is 6.59. The highest BCUT2D eigenvalue weighted by Crippen LogP contribution is 2.25. The van der Waals surface area contributed by atoms with Crippen molar-refractivity contribution in [2.75, 3.05) is 11.9 Å². The summed E-state index contributed by atoms with van der Waals surface area (Å²) in [6, 6.07) is 4.08. The molecule has 0 bridgehead atoms. The van der Waals surface area contributed by atoms with E-state index in [1.165, 1.54) is 19.9 Å². The quantitative estimate of drug-likeness (QED) is 0.607. The summed E-state index contributed by atoms with van der Waals surface area (Å²) in [7, 11) is 0. The zero-order chi connectivity index (χ0) is 23.3. The number of anilines is 1. The van der Waals surface area contributed by atoms with Crippen LogP contribution in [0, 0.1) is 13.8 Å². The van der Waals surface area contributed by atoms with Gasteiger partial charge in [-0.05, 0) is 44.5 Å². The number of carbonyl (C=O) groups is 2. The maximum atomic E-state index is 13.0. The van der Waals surface area contributed by atoms with Crippen LogP contribution in [0.25, 0.3) is 0 Å². The van der Waals surface area contributed by atoms with Gasteiger partial charge in [-0.15, -0.1) is 10.2 Å². The molecule has 0 fully saturated rings. The van der Waals surface area contributed by atoms with Crippen LogP contribution in [0.3, 0.4) is 0 Å². The minimum absolute atomic E-state index is 0.120. The Morgan fingerprint density at radius 3 is 2.42 bits per heavy atom. The minimum Gasteiger partial charge on any atom is -0.470 e. The summed E-state index contributed by atoms with van der Waals surface area (Å²) in [5.41, 5.74) is 1.35. The first kappa shape index (κ1) is 24.0. The highest BCUT2D eigenvalue weighted by atomic mass is 19.3. The first-order chi connectivity index (χ1) is 14.4. The average molecular weight is 443 g/mol. The molecule has 0 spiro atoms. The molecule has 1 unspecified atom stereocenters. The summed E-state index contributed by atoms with van der Waals surface area (Å²) in [6.07, 6.45) is -3.88. The lowest BCUT2D eigenvalue weighted by Crippen LogP contribution is -2.34. The van der Waals surface area contributed by atoms with Gasteiger partial charge < -0.3 is 15.4 Å². The molecule has 0 saturated carbocycles. The SMILES string of the molecule is CC(=O)Nc1cc(C(C)NC(=O)c2cc(C)c(OCC(F)(F)C(F)F)nn2)cc(C)n1. The monoisotopic (exact) mass is 443 g/mol. The van der Waals surface area contributed by atoms with E-state index in [0.717, 1.165) is 0 Å². The number of rotatable bonds is 8. The summed E-state index contributed by atoms with van der Waals surface area (Å²) in [5.74, 6) is -5.28. The first-order valence-corrected chi connectivity index (χ1v) is 9.09. The molecule has 2 aromatic rings. The van der Waals surface area contributed by atoms with Gasteiger partial charge in [0.15, 0.2) is 12.3 Å². The molecule has 2 rings (SSSR count). The van der Waals surface area contributed by atoms with Crippen molar-refractivity contribution in [2.45, 2.75) is 46.1 Å². The van der Waals surface area contributed by atoms with Gasteiger partial charge in [0.05, 0.1) is 6.04 Å². The fraction of sp³-hybridized carbons (Fsp3) is 0.421. The predicted molar refractivity (Wildman–Crippen MR) is 102 cm³/mol. The number of halogens is 4. The van der Waals surface area contributed by atoms with Crippen molar-refractivity contribution < 1.29 is 31.9 Å². The van der Waals surface area contributed by atoms with Crippen LogP contribution in [-0.4, -0.2) is 46.0 Å². The smallest absolute Gasteiger partial charge is 0.340 e. The van der Waals surface area contributed by atoms with Gasteiger partial charge in [0.2, 0.25) is 11.8 Å². The highest BCUT2D eigenvalue weighted by Gasteiger charge is 2.42. The number of pyridine rings is 1. The number of hydrogen-bond acceptors (Lipinski definition) is 6.